The second kappa shape index (κ2) is 25.7. The van der Waals surface area contributed by atoms with Crippen molar-refractivity contribution in [2.75, 3.05) is 6.61 Å². The molecular formula is C29H58O2. The predicted octanol–water partition coefficient (Wildman–Crippen LogP) is 10.2. The van der Waals surface area contributed by atoms with Crippen molar-refractivity contribution in [1.29, 1.82) is 0 Å². The Bertz CT molecular complexity index is 353. The van der Waals surface area contributed by atoms with E-state index in [-0.39, 0.29) is 5.97 Å². The maximum absolute atomic E-state index is 12.3. The largest absolute Gasteiger partial charge is 0.466 e. The molecule has 0 aliphatic rings. The van der Waals surface area contributed by atoms with E-state index in [1.54, 1.807) is 0 Å². The first-order chi connectivity index (χ1) is 15.2. The van der Waals surface area contributed by atoms with E-state index in [4.69, 9.17) is 4.74 Å². The molecule has 0 fully saturated rings. The molecule has 31 heavy (non-hydrogen) atoms. The molecule has 0 amide bonds. The van der Waals surface area contributed by atoms with Crippen LogP contribution in [-0.4, -0.2) is 12.6 Å². The van der Waals surface area contributed by atoms with Crippen molar-refractivity contribution in [2.45, 2.75) is 168 Å². The highest BCUT2D eigenvalue weighted by Gasteiger charge is 2.14. The van der Waals surface area contributed by atoms with Crippen LogP contribution in [0.2, 0.25) is 0 Å². The Kier molecular flexibility index (Phi) is 25.3. The van der Waals surface area contributed by atoms with E-state index in [0.29, 0.717) is 18.9 Å². The van der Waals surface area contributed by atoms with Crippen LogP contribution in [0.15, 0.2) is 0 Å². The number of unbranched alkanes of at least 4 members (excludes halogenated alkanes) is 17. The van der Waals surface area contributed by atoms with Gasteiger partial charge in [0.1, 0.15) is 0 Å². The monoisotopic (exact) mass is 438 g/mol. The molecule has 0 bridgehead atoms. The second-order valence-corrected chi connectivity index (χ2v) is 9.88. The predicted molar refractivity (Wildman–Crippen MR) is 138 cm³/mol. The van der Waals surface area contributed by atoms with Gasteiger partial charge in [0.15, 0.2) is 0 Å². The summed E-state index contributed by atoms with van der Waals surface area (Å²) in [5.74, 6) is 0.593. The number of hydrogen-bond donors (Lipinski definition) is 0. The summed E-state index contributed by atoms with van der Waals surface area (Å²) in [4.78, 5) is 12.3. The maximum atomic E-state index is 12.3. The lowest BCUT2D eigenvalue weighted by Crippen LogP contribution is -2.13. The number of esters is 1. The summed E-state index contributed by atoms with van der Waals surface area (Å²) in [6, 6.07) is 0. The Balaban J connectivity index is 3.70. The summed E-state index contributed by atoms with van der Waals surface area (Å²) in [6.45, 7) is 7.42. The highest BCUT2D eigenvalue weighted by atomic mass is 16.5. The highest BCUT2D eigenvalue weighted by molar-refractivity contribution is 5.69. The van der Waals surface area contributed by atoms with Crippen LogP contribution in [0.25, 0.3) is 0 Å². The van der Waals surface area contributed by atoms with Gasteiger partial charge in [-0.25, -0.2) is 0 Å². The third-order valence-corrected chi connectivity index (χ3v) is 6.65. The van der Waals surface area contributed by atoms with Gasteiger partial charge in [-0.15, -0.1) is 0 Å². The van der Waals surface area contributed by atoms with Crippen LogP contribution in [0.3, 0.4) is 0 Å². The van der Waals surface area contributed by atoms with Crippen LogP contribution in [0.4, 0.5) is 0 Å². The third kappa shape index (κ3) is 24.0. The molecule has 0 saturated carbocycles. The van der Waals surface area contributed by atoms with Gasteiger partial charge in [0, 0.05) is 6.42 Å². The topological polar surface area (TPSA) is 26.3 Å². The molecule has 0 aliphatic carbocycles. The summed E-state index contributed by atoms with van der Waals surface area (Å²) < 4.78 is 5.55. The lowest BCUT2D eigenvalue weighted by Gasteiger charge is -2.16. The van der Waals surface area contributed by atoms with E-state index in [9.17, 15) is 4.79 Å². The standard InChI is InChI=1S/C29H58O2/c1-4-7-10-12-14-15-16-17-18-20-22-25-28(24-9-6-3)27-29(30)31-26-23-21-19-13-11-8-5-2/h28H,4-27H2,1-3H3. The van der Waals surface area contributed by atoms with Gasteiger partial charge in [-0.05, 0) is 25.2 Å². The number of carbonyl (C=O) groups is 1. The Morgan fingerprint density at radius 3 is 1.39 bits per heavy atom. The smallest absolute Gasteiger partial charge is 0.306 e. The molecule has 0 aromatic heterocycles. The van der Waals surface area contributed by atoms with Crippen molar-refractivity contribution in [3.8, 4) is 0 Å². The van der Waals surface area contributed by atoms with Crippen molar-refractivity contribution >= 4 is 5.97 Å². The van der Waals surface area contributed by atoms with E-state index in [0.717, 1.165) is 6.42 Å². The molecule has 2 heteroatoms. The molecule has 0 radical (unpaired) electrons. The molecule has 186 valence electrons. The van der Waals surface area contributed by atoms with E-state index in [1.807, 2.05) is 0 Å². The summed E-state index contributed by atoms with van der Waals surface area (Å²) >= 11 is 0. The molecule has 2 nitrogen and oxygen atoms in total. The Hall–Kier alpha value is -0.530. The first-order valence-corrected chi connectivity index (χ1v) is 14.4. The van der Waals surface area contributed by atoms with Crippen molar-refractivity contribution in [2.24, 2.45) is 5.92 Å². The number of ether oxygens (including phenoxy) is 1. The molecule has 0 N–H and O–H groups in total. The van der Waals surface area contributed by atoms with Crippen LogP contribution in [0, 0.1) is 5.92 Å². The molecule has 0 rings (SSSR count). The van der Waals surface area contributed by atoms with Crippen molar-refractivity contribution in [1.82, 2.24) is 0 Å². The average molecular weight is 439 g/mol. The Morgan fingerprint density at radius 1 is 0.516 bits per heavy atom. The van der Waals surface area contributed by atoms with Crippen LogP contribution in [0.5, 0.6) is 0 Å². The van der Waals surface area contributed by atoms with E-state index in [1.165, 1.54) is 135 Å². The van der Waals surface area contributed by atoms with Gasteiger partial charge in [0.05, 0.1) is 6.61 Å². The van der Waals surface area contributed by atoms with E-state index in [2.05, 4.69) is 20.8 Å². The lowest BCUT2D eigenvalue weighted by atomic mass is 9.92. The quantitative estimate of drug-likeness (QED) is 0.105. The highest BCUT2D eigenvalue weighted by Crippen LogP contribution is 2.22. The minimum atomic E-state index is 0.0511. The fourth-order valence-corrected chi connectivity index (χ4v) is 4.48. The van der Waals surface area contributed by atoms with Gasteiger partial charge >= 0.3 is 5.97 Å². The third-order valence-electron chi connectivity index (χ3n) is 6.65. The normalized spacial score (nSPS) is 12.2. The molecule has 0 aliphatic heterocycles. The lowest BCUT2D eigenvalue weighted by molar-refractivity contribution is -0.145. The molecule has 1 atom stereocenters. The Morgan fingerprint density at radius 2 is 0.903 bits per heavy atom. The Labute approximate surface area is 196 Å². The first kappa shape index (κ1) is 30.5. The first-order valence-electron chi connectivity index (χ1n) is 14.4. The average Bonchev–Trinajstić information content (AvgIpc) is 2.77. The number of hydrogen-bond acceptors (Lipinski definition) is 2. The number of carbonyl (C=O) groups excluding carboxylic acids is 1. The summed E-state index contributed by atoms with van der Waals surface area (Å²) in [5, 5.41) is 0. The molecule has 1 unspecified atom stereocenters. The zero-order chi connectivity index (χ0) is 22.8. The van der Waals surface area contributed by atoms with Crippen molar-refractivity contribution in [3.63, 3.8) is 0 Å². The number of rotatable bonds is 25. The van der Waals surface area contributed by atoms with Crippen LogP contribution < -0.4 is 0 Å². The summed E-state index contributed by atoms with van der Waals surface area (Å²) in [6.07, 6.45) is 29.7. The van der Waals surface area contributed by atoms with Gasteiger partial charge < -0.3 is 4.74 Å². The second-order valence-electron chi connectivity index (χ2n) is 9.88. The van der Waals surface area contributed by atoms with Crippen LogP contribution in [-0.2, 0) is 9.53 Å². The van der Waals surface area contributed by atoms with Crippen molar-refractivity contribution < 1.29 is 9.53 Å². The molecule has 0 aromatic rings. The van der Waals surface area contributed by atoms with Crippen LogP contribution >= 0.6 is 0 Å². The summed E-state index contributed by atoms with van der Waals surface area (Å²) in [5.41, 5.74) is 0. The van der Waals surface area contributed by atoms with Gasteiger partial charge in [-0.2, -0.15) is 0 Å². The zero-order valence-electron chi connectivity index (χ0n) is 21.9. The molecule has 0 saturated heterocycles. The maximum Gasteiger partial charge on any atom is 0.306 e. The SMILES string of the molecule is CCCCCCCCCCCCCC(CCCC)CC(=O)OCCCCCCCCC. The van der Waals surface area contributed by atoms with E-state index >= 15 is 0 Å². The fourth-order valence-electron chi connectivity index (χ4n) is 4.48. The minimum Gasteiger partial charge on any atom is -0.466 e. The van der Waals surface area contributed by atoms with Gasteiger partial charge in [-0.3, -0.25) is 4.79 Å². The molecule has 0 aromatic carbocycles. The molecular weight excluding hydrogens is 380 g/mol. The minimum absolute atomic E-state index is 0.0511. The van der Waals surface area contributed by atoms with Crippen molar-refractivity contribution in [3.05, 3.63) is 0 Å². The zero-order valence-corrected chi connectivity index (χ0v) is 21.9. The van der Waals surface area contributed by atoms with Crippen LogP contribution in [0.1, 0.15) is 168 Å². The van der Waals surface area contributed by atoms with Gasteiger partial charge in [0.25, 0.3) is 0 Å². The molecule has 0 heterocycles. The summed E-state index contributed by atoms with van der Waals surface area (Å²) in [7, 11) is 0. The fraction of sp³-hybridized carbons (Fsp3) is 0.966. The van der Waals surface area contributed by atoms with Gasteiger partial charge in [0.2, 0.25) is 0 Å². The molecule has 0 spiro atoms. The van der Waals surface area contributed by atoms with Gasteiger partial charge in [-0.1, -0.05) is 143 Å². The van der Waals surface area contributed by atoms with E-state index < -0.39 is 0 Å².